The largest absolute Gasteiger partial charge is 0.444 e. The lowest BCUT2D eigenvalue weighted by molar-refractivity contribution is 0.0398. The van der Waals surface area contributed by atoms with Crippen molar-refractivity contribution >= 4 is 28.8 Å². The number of hydrogen-bond acceptors (Lipinski definition) is 5. The second-order valence-electron chi connectivity index (χ2n) is 7.24. The van der Waals surface area contributed by atoms with Crippen LogP contribution >= 0.6 is 11.8 Å². The molecule has 0 aliphatic rings. The standard InChI is InChI=1S/C20H28N2O3S/c1-14(24-5)18(22-19(23)25-20(2,3)4)13-26-12-15-10-16-8-6-7-9-17(16)21-11-15/h6-11,14,18H,12-13H2,1-5H3,(H,22,23)/t14-,18-/m1/s1. The van der Waals surface area contributed by atoms with Crippen LogP contribution in [0.3, 0.4) is 0 Å². The number of thioether (sulfide) groups is 1. The maximum absolute atomic E-state index is 12.1. The fourth-order valence-electron chi connectivity index (χ4n) is 2.42. The maximum Gasteiger partial charge on any atom is 0.407 e. The lowest BCUT2D eigenvalue weighted by atomic mass is 10.2. The summed E-state index contributed by atoms with van der Waals surface area (Å²) in [6, 6.07) is 10.1. The number of para-hydroxylation sites is 1. The Morgan fingerprint density at radius 2 is 2.04 bits per heavy atom. The van der Waals surface area contributed by atoms with Crippen LogP contribution in [0.1, 0.15) is 33.3 Å². The van der Waals surface area contributed by atoms with Crippen LogP contribution in [0.4, 0.5) is 4.79 Å². The van der Waals surface area contributed by atoms with Crippen molar-refractivity contribution in [2.45, 2.75) is 51.2 Å². The van der Waals surface area contributed by atoms with Gasteiger partial charge in [-0.25, -0.2) is 4.79 Å². The molecule has 142 valence electrons. The van der Waals surface area contributed by atoms with Crippen LogP contribution in [0, 0.1) is 0 Å². The van der Waals surface area contributed by atoms with Gasteiger partial charge in [-0.15, -0.1) is 0 Å². The van der Waals surface area contributed by atoms with Gasteiger partial charge < -0.3 is 14.8 Å². The van der Waals surface area contributed by atoms with E-state index in [4.69, 9.17) is 9.47 Å². The van der Waals surface area contributed by atoms with E-state index in [1.54, 1.807) is 18.9 Å². The molecule has 5 nitrogen and oxygen atoms in total. The van der Waals surface area contributed by atoms with Gasteiger partial charge in [-0.2, -0.15) is 11.8 Å². The molecule has 0 spiro atoms. The highest BCUT2D eigenvalue weighted by atomic mass is 32.2. The Morgan fingerprint density at radius 3 is 2.73 bits per heavy atom. The molecule has 1 heterocycles. The first-order chi connectivity index (χ1) is 12.3. The summed E-state index contributed by atoms with van der Waals surface area (Å²) in [5.41, 5.74) is 1.64. The highest BCUT2D eigenvalue weighted by Crippen LogP contribution is 2.19. The first kappa shape index (κ1) is 20.5. The van der Waals surface area contributed by atoms with Gasteiger partial charge in [0.2, 0.25) is 0 Å². The molecule has 2 rings (SSSR count). The second-order valence-corrected chi connectivity index (χ2v) is 8.28. The van der Waals surface area contributed by atoms with Crippen LogP contribution in [0.5, 0.6) is 0 Å². The van der Waals surface area contributed by atoms with Gasteiger partial charge >= 0.3 is 6.09 Å². The van der Waals surface area contributed by atoms with E-state index in [-0.39, 0.29) is 12.1 Å². The number of amides is 1. The molecule has 6 heteroatoms. The van der Waals surface area contributed by atoms with E-state index in [1.165, 1.54) is 0 Å². The van der Waals surface area contributed by atoms with Crippen molar-refractivity contribution in [3.05, 3.63) is 42.1 Å². The van der Waals surface area contributed by atoms with Crippen LogP contribution in [0.15, 0.2) is 36.5 Å². The minimum absolute atomic E-state index is 0.107. The third-order valence-electron chi connectivity index (χ3n) is 3.85. The highest BCUT2D eigenvalue weighted by Gasteiger charge is 2.23. The number of alkyl carbamates (subject to hydrolysis) is 1. The number of nitrogens with one attached hydrogen (secondary N) is 1. The fourth-order valence-corrected chi connectivity index (χ4v) is 3.54. The van der Waals surface area contributed by atoms with Gasteiger partial charge in [0.05, 0.1) is 17.7 Å². The summed E-state index contributed by atoms with van der Waals surface area (Å²) in [7, 11) is 1.65. The van der Waals surface area contributed by atoms with Gasteiger partial charge in [0.1, 0.15) is 5.60 Å². The number of fused-ring (bicyclic) bond motifs is 1. The van der Waals surface area contributed by atoms with Crippen molar-refractivity contribution in [1.29, 1.82) is 0 Å². The average Bonchev–Trinajstić information content (AvgIpc) is 2.58. The first-order valence-corrected chi connectivity index (χ1v) is 9.87. The van der Waals surface area contributed by atoms with Crippen LogP contribution < -0.4 is 5.32 Å². The number of ether oxygens (including phenoxy) is 2. The Balaban J connectivity index is 1.92. The third kappa shape index (κ3) is 6.50. The quantitative estimate of drug-likeness (QED) is 0.776. The molecule has 0 aliphatic heterocycles. The Labute approximate surface area is 159 Å². The van der Waals surface area contributed by atoms with E-state index in [0.717, 1.165) is 28.0 Å². The molecule has 0 saturated heterocycles. The maximum atomic E-state index is 12.1. The average molecular weight is 377 g/mol. The predicted molar refractivity (Wildman–Crippen MR) is 108 cm³/mol. The summed E-state index contributed by atoms with van der Waals surface area (Å²) in [5.74, 6) is 1.54. The van der Waals surface area contributed by atoms with Crippen LogP contribution in [0.25, 0.3) is 10.9 Å². The van der Waals surface area contributed by atoms with Gasteiger partial charge in [-0.05, 0) is 45.4 Å². The number of pyridine rings is 1. The molecule has 2 atom stereocenters. The smallest absolute Gasteiger partial charge is 0.407 e. The van der Waals surface area contributed by atoms with Crippen molar-refractivity contribution < 1.29 is 14.3 Å². The molecule has 0 unspecified atom stereocenters. The van der Waals surface area contributed by atoms with Gasteiger partial charge in [0, 0.05) is 30.2 Å². The minimum atomic E-state index is -0.519. The van der Waals surface area contributed by atoms with Crippen molar-refractivity contribution in [2.24, 2.45) is 0 Å². The molecule has 1 aromatic heterocycles. The summed E-state index contributed by atoms with van der Waals surface area (Å²) in [6.07, 6.45) is 1.38. The number of hydrogen-bond donors (Lipinski definition) is 1. The zero-order valence-corrected chi connectivity index (χ0v) is 16.9. The van der Waals surface area contributed by atoms with E-state index in [1.807, 2.05) is 52.1 Å². The van der Waals surface area contributed by atoms with E-state index in [2.05, 4.69) is 22.4 Å². The summed E-state index contributed by atoms with van der Waals surface area (Å²) in [4.78, 5) is 16.6. The molecule has 1 N–H and O–H groups in total. The van der Waals surface area contributed by atoms with Crippen LogP contribution in [-0.2, 0) is 15.2 Å². The molecular weight excluding hydrogens is 348 g/mol. The number of nitrogens with zero attached hydrogens (tertiary/aromatic N) is 1. The van der Waals surface area contributed by atoms with Crippen molar-refractivity contribution in [2.75, 3.05) is 12.9 Å². The van der Waals surface area contributed by atoms with Crippen molar-refractivity contribution in [3.63, 3.8) is 0 Å². The number of aromatic nitrogens is 1. The normalized spacial score (nSPS) is 14.0. The summed E-state index contributed by atoms with van der Waals surface area (Å²) in [5, 5.41) is 4.06. The predicted octanol–water partition coefficient (Wildman–Crippen LogP) is 4.40. The van der Waals surface area contributed by atoms with Crippen LogP contribution in [-0.4, -0.2) is 41.7 Å². The van der Waals surface area contributed by atoms with Gasteiger partial charge in [0.25, 0.3) is 0 Å². The summed E-state index contributed by atoms with van der Waals surface area (Å²) in [6.45, 7) is 7.49. The molecule has 0 fully saturated rings. The molecular formula is C20H28N2O3S. The van der Waals surface area contributed by atoms with E-state index in [9.17, 15) is 4.79 Å². The van der Waals surface area contributed by atoms with Crippen molar-refractivity contribution in [1.82, 2.24) is 10.3 Å². The molecule has 0 radical (unpaired) electrons. The summed E-state index contributed by atoms with van der Waals surface area (Å²) < 4.78 is 10.8. The topological polar surface area (TPSA) is 60.5 Å². The van der Waals surface area contributed by atoms with Gasteiger partial charge in [-0.3, -0.25) is 4.98 Å². The minimum Gasteiger partial charge on any atom is -0.444 e. The molecule has 1 amide bonds. The number of rotatable bonds is 7. The van der Waals surface area contributed by atoms with E-state index < -0.39 is 11.7 Å². The fraction of sp³-hybridized carbons (Fsp3) is 0.500. The lowest BCUT2D eigenvalue weighted by Gasteiger charge is -2.26. The first-order valence-electron chi connectivity index (χ1n) is 8.72. The number of benzene rings is 1. The number of carbonyl (C=O) groups excluding carboxylic acids is 1. The summed E-state index contributed by atoms with van der Waals surface area (Å²) >= 11 is 1.74. The second kappa shape index (κ2) is 9.24. The highest BCUT2D eigenvalue weighted by molar-refractivity contribution is 7.98. The Hall–Kier alpha value is -1.79. The zero-order valence-electron chi connectivity index (χ0n) is 16.1. The van der Waals surface area contributed by atoms with Gasteiger partial charge in [0.15, 0.2) is 0 Å². The van der Waals surface area contributed by atoms with Crippen molar-refractivity contribution in [3.8, 4) is 0 Å². The monoisotopic (exact) mass is 376 g/mol. The van der Waals surface area contributed by atoms with Crippen LogP contribution in [0.2, 0.25) is 0 Å². The number of methoxy groups -OCH3 is 1. The lowest BCUT2D eigenvalue weighted by Crippen LogP contribution is -2.46. The van der Waals surface area contributed by atoms with E-state index in [0.29, 0.717) is 0 Å². The zero-order chi connectivity index (χ0) is 19.2. The molecule has 0 bridgehead atoms. The molecule has 0 aliphatic carbocycles. The van der Waals surface area contributed by atoms with E-state index >= 15 is 0 Å². The SMILES string of the molecule is CO[C@H](C)[C@@H](CSCc1cnc2ccccc2c1)NC(=O)OC(C)(C)C. The number of carbonyl (C=O) groups is 1. The third-order valence-corrected chi connectivity index (χ3v) is 4.99. The molecule has 26 heavy (non-hydrogen) atoms. The Bertz CT molecular complexity index is 730. The van der Waals surface area contributed by atoms with Gasteiger partial charge in [-0.1, -0.05) is 18.2 Å². The molecule has 0 saturated carbocycles. The Morgan fingerprint density at radius 1 is 1.31 bits per heavy atom. The molecule has 1 aromatic carbocycles. The molecule has 2 aromatic rings. The Kier molecular flexibility index (Phi) is 7.29.